The quantitative estimate of drug-likeness (QED) is 0.763. The summed E-state index contributed by atoms with van der Waals surface area (Å²) in [7, 11) is -3.17. The second-order valence-corrected chi connectivity index (χ2v) is 9.14. The number of hydrogen-bond acceptors (Lipinski definition) is 5. The van der Waals surface area contributed by atoms with Gasteiger partial charge in [-0.25, -0.2) is 8.42 Å². The van der Waals surface area contributed by atoms with Gasteiger partial charge in [0.2, 0.25) is 0 Å². The minimum atomic E-state index is -3.17. The Bertz CT molecular complexity index is 919. The second-order valence-electron chi connectivity index (χ2n) is 7.12. The van der Waals surface area contributed by atoms with Gasteiger partial charge < -0.3 is 4.90 Å². The SMILES string of the molecule is CS(=O)(=O)c1ccc(N=NCc2cc3c4c(c2)CCCN4CCC3)cc1. The summed E-state index contributed by atoms with van der Waals surface area (Å²) < 4.78 is 23.0. The largest absolute Gasteiger partial charge is 0.371 e. The Kier molecular flexibility index (Phi) is 4.53. The number of aryl methyl sites for hydroxylation is 2. The fourth-order valence-electron chi connectivity index (χ4n) is 3.93. The van der Waals surface area contributed by atoms with Crippen LogP contribution in [0.15, 0.2) is 51.5 Å². The molecular formula is C20H23N3O2S. The minimum Gasteiger partial charge on any atom is -0.371 e. The van der Waals surface area contributed by atoms with Crippen molar-refractivity contribution in [2.24, 2.45) is 10.2 Å². The van der Waals surface area contributed by atoms with E-state index in [9.17, 15) is 8.42 Å². The highest BCUT2D eigenvalue weighted by atomic mass is 32.2. The Balaban J connectivity index is 1.51. The Morgan fingerprint density at radius 2 is 1.62 bits per heavy atom. The molecule has 0 fully saturated rings. The van der Waals surface area contributed by atoms with Gasteiger partial charge in [0.15, 0.2) is 9.84 Å². The van der Waals surface area contributed by atoms with Crippen molar-refractivity contribution in [3.05, 3.63) is 53.1 Å². The van der Waals surface area contributed by atoms with Crippen molar-refractivity contribution in [2.75, 3.05) is 24.2 Å². The van der Waals surface area contributed by atoms with E-state index in [0.29, 0.717) is 17.1 Å². The number of azo groups is 1. The molecule has 0 spiro atoms. The van der Waals surface area contributed by atoms with Crippen molar-refractivity contribution in [2.45, 2.75) is 37.1 Å². The molecule has 26 heavy (non-hydrogen) atoms. The van der Waals surface area contributed by atoms with Gasteiger partial charge in [-0.3, -0.25) is 0 Å². The van der Waals surface area contributed by atoms with Crippen molar-refractivity contribution in [3.63, 3.8) is 0 Å². The van der Waals surface area contributed by atoms with Gasteiger partial charge in [0.1, 0.15) is 0 Å². The molecule has 2 heterocycles. The summed E-state index contributed by atoms with van der Waals surface area (Å²) in [4.78, 5) is 2.83. The third kappa shape index (κ3) is 3.51. The monoisotopic (exact) mass is 369 g/mol. The number of sulfone groups is 1. The Morgan fingerprint density at radius 3 is 2.19 bits per heavy atom. The lowest BCUT2D eigenvalue weighted by Gasteiger charge is -2.37. The first-order valence-corrected chi connectivity index (χ1v) is 11.0. The van der Waals surface area contributed by atoms with Crippen LogP contribution >= 0.6 is 0 Å². The maximum atomic E-state index is 11.5. The standard InChI is InChI=1S/C20H23N3O2S/c1-26(24,25)19-8-6-18(7-9-19)22-21-14-15-12-16-4-2-10-23-11-3-5-17(13-15)20(16)23/h6-9,12-13H,2-5,10-11,14H2,1H3. The molecule has 5 nitrogen and oxygen atoms in total. The third-order valence-electron chi connectivity index (χ3n) is 5.10. The summed E-state index contributed by atoms with van der Waals surface area (Å²) in [5, 5.41) is 8.57. The minimum absolute atomic E-state index is 0.301. The van der Waals surface area contributed by atoms with Crippen LogP contribution in [-0.2, 0) is 29.2 Å². The summed E-state index contributed by atoms with van der Waals surface area (Å²) in [6.07, 6.45) is 5.95. The zero-order valence-electron chi connectivity index (χ0n) is 15.0. The van der Waals surface area contributed by atoms with Crippen molar-refractivity contribution >= 4 is 21.2 Å². The molecule has 136 valence electrons. The van der Waals surface area contributed by atoms with Crippen molar-refractivity contribution in [1.29, 1.82) is 0 Å². The van der Waals surface area contributed by atoms with Gasteiger partial charge in [-0.2, -0.15) is 10.2 Å². The summed E-state index contributed by atoms with van der Waals surface area (Å²) in [5.41, 5.74) is 6.26. The Labute approximate surface area is 154 Å². The molecule has 0 unspecified atom stereocenters. The molecule has 0 radical (unpaired) electrons. The molecule has 0 saturated carbocycles. The van der Waals surface area contributed by atoms with Crippen LogP contribution in [0.25, 0.3) is 0 Å². The highest BCUT2D eigenvalue weighted by molar-refractivity contribution is 7.90. The van der Waals surface area contributed by atoms with Crippen LogP contribution in [0.4, 0.5) is 11.4 Å². The summed E-state index contributed by atoms with van der Waals surface area (Å²) in [5.74, 6) is 0. The zero-order chi connectivity index (χ0) is 18.1. The van der Waals surface area contributed by atoms with E-state index in [4.69, 9.17) is 0 Å². The second kappa shape index (κ2) is 6.83. The number of rotatable bonds is 4. The lowest BCUT2D eigenvalue weighted by Crippen LogP contribution is -2.34. The van der Waals surface area contributed by atoms with E-state index >= 15 is 0 Å². The van der Waals surface area contributed by atoms with Crippen LogP contribution in [0, 0.1) is 0 Å². The van der Waals surface area contributed by atoms with E-state index in [0.717, 1.165) is 12.8 Å². The molecule has 6 heteroatoms. The molecule has 0 amide bonds. The zero-order valence-corrected chi connectivity index (χ0v) is 15.8. The molecular weight excluding hydrogens is 346 g/mol. The topological polar surface area (TPSA) is 62.1 Å². The molecule has 2 aromatic carbocycles. The highest BCUT2D eigenvalue weighted by Gasteiger charge is 2.23. The Hall–Kier alpha value is -2.21. The molecule has 0 aromatic heterocycles. The van der Waals surface area contributed by atoms with Gasteiger partial charge in [-0.15, -0.1) is 0 Å². The van der Waals surface area contributed by atoms with Gasteiger partial charge in [-0.1, -0.05) is 12.1 Å². The molecule has 2 aromatic rings. The maximum absolute atomic E-state index is 11.5. The van der Waals surface area contributed by atoms with Crippen LogP contribution in [0.5, 0.6) is 0 Å². The van der Waals surface area contributed by atoms with Crippen molar-refractivity contribution in [1.82, 2.24) is 0 Å². The average molecular weight is 369 g/mol. The van der Waals surface area contributed by atoms with Gasteiger partial charge in [0, 0.05) is 25.0 Å². The van der Waals surface area contributed by atoms with Crippen LogP contribution in [0.1, 0.15) is 29.5 Å². The van der Waals surface area contributed by atoms with E-state index in [1.807, 2.05) is 0 Å². The number of benzene rings is 2. The summed E-state index contributed by atoms with van der Waals surface area (Å²) in [6.45, 7) is 2.92. The summed E-state index contributed by atoms with van der Waals surface area (Å²) >= 11 is 0. The first-order valence-electron chi connectivity index (χ1n) is 9.08. The molecule has 0 bridgehead atoms. The van der Waals surface area contributed by atoms with Crippen LogP contribution in [0.2, 0.25) is 0 Å². The predicted octanol–water partition coefficient (Wildman–Crippen LogP) is 4.07. The first kappa shape index (κ1) is 17.2. The smallest absolute Gasteiger partial charge is 0.175 e. The van der Waals surface area contributed by atoms with Crippen LogP contribution in [-0.4, -0.2) is 27.8 Å². The van der Waals surface area contributed by atoms with E-state index < -0.39 is 9.84 Å². The number of nitrogens with zero attached hydrogens (tertiary/aromatic N) is 3. The normalized spacial score (nSPS) is 16.7. The van der Waals surface area contributed by atoms with Crippen LogP contribution in [0.3, 0.4) is 0 Å². The molecule has 0 saturated heterocycles. The molecule has 0 N–H and O–H groups in total. The number of hydrogen-bond donors (Lipinski definition) is 0. The van der Waals surface area contributed by atoms with E-state index in [1.165, 1.54) is 54.6 Å². The number of anilines is 1. The van der Waals surface area contributed by atoms with E-state index in [2.05, 4.69) is 27.3 Å². The Morgan fingerprint density at radius 1 is 1.00 bits per heavy atom. The predicted molar refractivity (Wildman–Crippen MR) is 103 cm³/mol. The first-order chi connectivity index (χ1) is 12.5. The maximum Gasteiger partial charge on any atom is 0.175 e. The molecule has 2 aliphatic rings. The van der Waals surface area contributed by atoms with Gasteiger partial charge in [0.05, 0.1) is 17.1 Å². The average Bonchev–Trinajstić information content (AvgIpc) is 2.62. The lowest BCUT2D eigenvalue weighted by molar-refractivity contribution is 0.602. The molecule has 4 rings (SSSR count). The summed E-state index contributed by atoms with van der Waals surface area (Å²) in [6, 6.07) is 11.1. The fraction of sp³-hybridized carbons (Fsp3) is 0.400. The van der Waals surface area contributed by atoms with E-state index in [-0.39, 0.29) is 0 Å². The van der Waals surface area contributed by atoms with Gasteiger partial charge in [-0.05, 0) is 66.6 Å². The van der Waals surface area contributed by atoms with E-state index in [1.54, 1.807) is 24.3 Å². The fourth-order valence-corrected chi connectivity index (χ4v) is 4.56. The van der Waals surface area contributed by atoms with Gasteiger partial charge in [0.25, 0.3) is 0 Å². The van der Waals surface area contributed by atoms with Crippen molar-refractivity contribution < 1.29 is 8.42 Å². The molecule has 0 atom stereocenters. The lowest BCUT2D eigenvalue weighted by atomic mass is 9.90. The third-order valence-corrected chi connectivity index (χ3v) is 6.22. The van der Waals surface area contributed by atoms with Gasteiger partial charge >= 0.3 is 0 Å². The van der Waals surface area contributed by atoms with Crippen molar-refractivity contribution in [3.8, 4) is 0 Å². The highest BCUT2D eigenvalue weighted by Crippen LogP contribution is 2.36. The van der Waals surface area contributed by atoms with Crippen LogP contribution < -0.4 is 4.90 Å². The molecule has 2 aliphatic heterocycles. The molecule has 0 aliphatic carbocycles.